The molecule has 1 atom stereocenters. The molecule has 0 radical (unpaired) electrons. The van der Waals surface area contributed by atoms with Crippen molar-refractivity contribution in [3.05, 3.63) is 35.9 Å². The van der Waals surface area contributed by atoms with E-state index in [9.17, 15) is 13.2 Å². The number of hydrogen-bond donors (Lipinski definition) is 1. The van der Waals surface area contributed by atoms with E-state index >= 15 is 0 Å². The summed E-state index contributed by atoms with van der Waals surface area (Å²) < 4.78 is 35.8. The minimum atomic E-state index is -4.15. The summed E-state index contributed by atoms with van der Waals surface area (Å²) in [6, 6.07) is 9.98. The molecule has 2 rings (SSSR count). The molecule has 1 heterocycles. The number of thioether (sulfide) groups is 2. The highest BCUT2D eigenvalue weighted by Gasteiger charge is 2.27. The Bertz CT molecular complexity index is 434. The van der Waals surface area contributed by atoms with Gasteiger partial charge in [0.1, 0.15) is 0 Å². The van der Waals surface area contributed by atoms with Crippen LogP contribution in [0, 0.1) is 0 Å². The molecule has 0 saturated carbocycles. The summed E-state index contributed by atoms with van der Waals surface area (Å²) >= 11 is 1.56. The number of nitrogens with one attached hydrogen (secondary N) is 1. The van der Waals surface area contributed by atoms with Crippen molar-refractivity contribution in [2.75, 3.05) is 18.8 Å². The van der Waals surface area contributed by atoms with Crippen LogP contribution in [0.4, 0.5) is 13.2 Å². The van der Waals surface area contributed by atoms with Gasteiger partial charge in [-0.2, -0.15) is 13.2 Å². The fourth-order valence-electron chi connectivity index (χ4n) is 1.64. The van der Waals surface area contributed by atoms with Crippen LogP contribution in [0.15, 0.2) is 35.3 Å². The summed E-state index contributed by atoms with van der Waals surface area (Å²) in [7, 11) is 0. The molecule has 1 aromatic carbocycles. The van der Waals surface area contributed by atoms with Crippen LogP contribution < -0.4 is 5.32 Å². The summed E-state index contributed by atoms with van der Waals surface area (Å²) in [5.41, 5.74) is -2.96. The first-order valence-corrected chi connectivity index (χ1v) is 7.62. The Morgan fingerprint density at radius 1 is 1.32 bits per heavy atom. The molecule has 0 spiro atoms. The van der Waals surface area contributed by atoms with Gasteiger partial charge in [-0.25, -0.2) is 0 Å². The highest BCUT2D eigenvalue weighted by Crippen LogP contribution is 2.34. The number of halogens is 3. The molecule has 1 aliphatic heterocycles. The summed E-state index contributed by atoms with van der Waals surface area (Å²) in [4.78, 5) is 4.31. The SMILES string of the molecule is FC(F)(F)SCCNC1=NCC(c2ccccc2)S1. The lowest BCUT2D eigenvalue weighted by Crippen LogP contribution is -2.23. The number of amidine groups is 1. The van der Waals surface area contributed by atoms with E-state index in [1.807, 2.05) is 30.3 Å². The fraction of sp³-hybridized carbons (Fsp3) is 0.417. The minimum absolute atomic E-state index is 0.000909. The van der Waals surface area contributed by atoms with Crippen LogP contribution in [0.25, 0.3) is 0 Å². The van der Waals surface area contributed by atoms with Crippen molar-refractivity contribution in [1.82, 2.24) is 5.32 Å². The standard InChI is InChI=1S/C12H13F3N2S2/c13-12(14,15)18-7-6-16-11-17-8-10(19-11)9-4-2-1-3-5-9/h1-5,10H,6-8H2,(H,16,17). The first-order valence-electron chi connectivity index (χ1n) is 5.75. The number of benzene rings is 1. The monoisotopic (exact) mass is 306 g/mol. The number of alkyl halides is 3. The van der Waals surface area contributed by atoms with Gasteiger partial charge in [0, 0.05) is 12.3 Å². The van der Waals surface area contributed by atoms with Crippen molar-refractivity contribution in [3.8, 4) is 0 Å². The summed E-state index contributed by atoms with van der Waals surface area (Å²) in [5, 5.41) is 3.94. The van der Waals surface area contributed by atoms with E-state index in [0.717, 1.165) is 5.17 Å². The van der Waals surface area contributed by atoms with Crippen molar-refractivity contribution < 1.29 is 13.2 Å². The van der Waals surface area contributed by atoms with Crippen LogP contribution in [-0.2, 0) is 0 Å². The Morgan fingerprint density at radius 2 is 2.05 bits per heavy atom. The predicted octanol–water partition coefficient (Wildman–Crippen LogP) is 3.67. The number of nitrogens with zero attached hydrogens (tertiary/aromatic N) is 1. The Kier molecular flexibility index (Phi) is 5.04. The zero-order valence-corrected chi connectivity index (χ0v) is 11.6. The molecule has 1 unspecified atom stereocenters. The molecule has 7 heteroatoms. The van der Waals surface area contributed by atoms with E-state index in [2.05, 4.69) is 10.3 Å². The maximum Gasteiger partial charge on any atom is 0.441 e. The van der Waals surface area contributed by atoms with Gasteiger partial charge in [-0.3, -0.25) is 4.99 Å². The molecule has 0 fully saturated rings. The largest absolute Gasteiger partial charge is 0.441 e. The Hall–Kier alpha value is -0.820. The molecule has 1 aliphatic rings. The second kappa shape index (κ2) is 6.56. The van der Waals surface area contributed by atoms with Crippen LogP contribution in [0.1, 0.15) is 10.8 Å². The molecule has 0 amide bonds. The third kappa shape index (κ3) is 4.99. The normalized spacial score (nSPS) is 19.3. The van der Waals surface area contributed by atoms with Gasteiger partial charge < -0.3 is 5.32 Å². The van der Waals surface area contributed by atoms with Gasteiger partial charge in [-0.15, -0.1) is 0 Å². The molecule has 0 bridgehead atoms. The van der Waals surface area contributed by atoms with Crippen molar-refractivity contribution >= 4 is 28.7 Å². The summed E-state index contributed by atoms with van der Waals surface area (Å²) in [6.45, 7) is 0.945. The first kappa shape index (κ1) is 14.6. The zero-order valence-electron chi connectivity index (χ0n) is 9.98. The van der Waals surface area contributed by atoms with E-state index in [0.29, 0.717) is 6.54 Å². The Labute approximate surface area is 118 Å². The van der Waals surface area contributed by atoms with Crippen LogP contribution in [0.2, 0.25) is 0 Å². The maximum absolute atomic E-state index is 11.9. The van der Waals surface area contributed by atoms with Crippen molar-refractivity contribution in [1.29, 1.82) is 0 Å². The number of hydrogen-bond acceptors (Lipinski definition) is 4. The molecular weight excluding hydrogens is 293 g/mol. The first-order chi connectivity index (χ1) is 9.04. The minimum Gasteiger partial charge on any atom is -0.364 e. The van der Waals surface area contributed by atoms with Gasteiger partial charge in [0.2, 0.25) is 0 Å². The molecule has 0 aromatic heterocycles. The molecule has 1 N–H and O–H groups in total. The van der Waals surface area contributed by atoms with E-state index in [-0.39, 0.29) is 29.3 Å². The van der Waals surface area contributed by atoms with Crippen LogP contribution in [0.3, 0.4) is 0 Å². The Balaban J connectivity index is 1.71. The smallest absolute Gasteiger partial charge is 0.364 e. The third-order valence-electron chi connectivity index (χ3n) is 2.47. The summed E-state index contributed by atoms with van der Waals surface area (Å²) in [6.07, 6.45) is 0. The van der Waals surface area contributed by atoms with E-state index in [1.165, 1.54) is 5.56 Å². The Morgan fingerprint density at radius 3 is 2.74 bits per heavy atom. The van der Waals surface area contributed by atoms with Crippen LogP contribution in [0.5, 0.6) is 0 Å². The van der Waals surface area contributed by atoms with Crippen molar-refractivity contribution in [2.24, 2.45) is 4.99 Å². The summed E-state index contributed by atoms with van der Waals surface area (Å²) in [5.74, 6) is -0.000909. The average molecular weight is 306 g/mol. The lowest BCUT2D eigenvalue weighted by atomic mass is 10.1. The fourth-order valence-corrected chi connectivity index (χ4v) is 3.12. The van der Waals surface area contributed by atoms with Gasteiger partial charge in [0.25, 0.3) is 0 Å². The highest BCUT2D eigenvalue weighted by atomic mass is 32.2. The van der Waals surface area contributed by atoms with Gasteiger partial charge in [0.05, 0.1) is 11.8 Å². The topological polar surface area (TPSA) is 24.4 Å². The molecule has 104 valence electrons. The van der Waals surface area contributed by atoms with Crippen LogP contribution >= 0.6 is 23.5 Å². The predicted molar refractivity (Wildman–Crippen MR) is 75.6 cm³/mol. The highest BCUT2D eigenvalue weighted by molar-refractivity contribution is 8.14. The van der Waals surface area contributed by atoms with Gasteiger partial charge in [0.15, 0.2) is 5.17 Å². The number of aliphatic imine (C=N–C) groups is 1. The van der Waals surface area contributed by atoms with Crippen LogP contribution in [-0.4, -0.2) is 29.5 Å². The third-order valence-corrected chi connectivity index (χ3v) is 4.41. The molecular formula is C12H13F3N2S2. The van der Waals surface area contributed by atoms with E-state index < -0.39 is 5.51 Å². The maximum atomic E-state index is 11.9. The molecule has 0 saturated heterocycles. The van der Waals surface area contributed by atoms with Crippen molar-refractivity contribution in [2.45, 2.75) is 10.8 Å². The quantitative estimate of drug-likeness (QED) is 0.859. The van der Waals surface area contributed by atoms with Crippen molar-refractivity contribution in [3.63, 3.8) is 0 Å². The lowest BCUT2D eigenvalue weighted by Gasteiger charge is -2.09. The zero-order chi connectivity index (χ0) is 13.7. The van der Waals surface area contributed by atoms with Gasteiger partial charge in [-0.05, 0) is 17.3 Å². The molecule has 2 nitrogen and oxygen atoms in total. The lowest BCUT2D eigenvalue weighted by molar-refractivity contribution is -0.0327. The van der Waals surface area contributed by atoms with E-state index in [4.69, 9.17) is 0 Å². The van der Waals surface area contributed by atoms with E-state index in [1.54, 1.807) is 11.8 Å². The molecule has 1 aromatic rings. The van der Waals surface area contributed by atoms with Gasteiger partial charge in [-0.1, -0.05) is 42.1 Å². The number of rotatable bonds is 4. The second-order valence-electron chi connectivity index (χ2n) is 3.88. The molecule has 19 heavy (non-hydrogen) atoms. The molecule has 0 aliphatic carbocycles. The second-order valence-corrected chi connectivity index (χ2v) is 6.24. The average Bonchev–Trinajstić information content (AvgIpc) is 2.83. The van der Waals surface area contributed by atoms with Gasteiger partial charge >= 0.3 is 5.51 Å².